The summed E-state index contributed by atoms with van der Waals surface area (Å²) in [5.74, 6) is -0.216. The van der Waals surface area contributed by atoms with E-state index in [1.165, 1.54) is 5.56 Å². The zero-order valence-electron chi connectivity index (χ0n) is 11.5. The minimum atomic E-state index is -0.114. The molecule has 3 nitrogen and oxygen atoms in total. The predicted octanol–water partition coefficient (Wildman–Crippen LogP) is 3.38. The van der Waals surface area contributed by atoms with Gasteiger partial charge in [-0.3, -0.25) is 9.79 Å². The molecule has 3 heteroatoms. The van der Waals surface area contributed by atoms with Gasteiger partial charge in [0.2, 0.25) is 0 Å². The quantitative estimate of drug-likeness (QED) is 0.777. The van der Waals surface area contributed by atoms with Gasteiger partial charge in [0.1, 0.15) is 0 Å². The molecule has 1 aliphatic carbocycles. The van der Waals surface area contributed by atoms with E-state index in [0.29, 0.717) is 13.2 Å². The number of nitrogens with zero attached hydrogens (tertiary/aromatic N) is 1. The summed E-state index contributed by atoms with van der Waals surface area (Å²) in [5, 5.41) is 0. The van der Waals surface area contributed by atoms with Crippen LogP contribution in [-0.4, -0.2) is 18.3 Å². The molecule has 0 saturated heterocycles. The summed E-state index contributed by atoms with van der Waals surface area (Å²) < 4.78 is 5.14. The summed E-state index contributed by atoms with van der Waals surface area (Å²) in [7, 11) is 0. The molecule has 0 bridgehead atoms. The largest absolute Gasteiger partial charge is 0.465 e. The van der Waals surface area contributed by atoms with Crippen molar-refractivity contribution in [1.29, 1.82) is 0 Å². The SMILES string of the molecule is CCOC(=O)[C@@H]1CCCCC1=NCc1ccccc1. The number of esters is 1. The molecule has 19 heavy (non-hydrogen) atoms. The average molecular weight is 259 g/mol. The van der Waals surface area contributed by atoms with Gasteiger partial charge in [0.25, 0.3) is 0 Å². The summed E-state index contributed by atoms with van der Waals surface area (Å²) in [5.41, 5.74) is 2.21. The summed E-state index contributed by atoms with van der Waals surface area (Å²) in [6.07, 6.45) is 4.03. The first-order chi connectivity index (χ1) is 9.31. The molecule has 1 saturated carbocycles. The second-order valence-corrected chi connectivity index (χ2v) is 4.84. The van der Waals surface area contributed by atoms with Gasteiger partial charge in [-0.05, 0) is 31.7 Å². The predicted molar refractivity (Wildman–Crippen MR) is 76.2 cm³/mol. The molecule has 102 valence electrons. The van der Waals surface area contributed by atoms with E-state index >= 15 is 0 Å². The van der Waals surface area contributed by atoms with Gasteiger partial charge in [0.05, 0.1) is 19.1 Å². The van der Waals surface area contributed by atoms with Gasteiger partial charge in [-0.2, -0.15) is 0 Å². The van der Waals surface area contributed by atoms with E-state index in [1.54, 1.807) is 0 Å². The molecule has 2 rings (SSSR count). The zero-order valence-corrected chi connectivity index (χ0v) is 11.5. The van der Waals surface area contributed by atoms with Gasteiger partial charge >= 0.3 is 5.97 Å². The molecule has 1 aromatic carbocycles. The van der Waals surface area contributed by atoms with Crippen LogP contribution in [-0.2, 0) is 16.1 Å². The maximum Gasteiger partial charge on any atom is 0.314 e. The molecule has 0 heterocycles. The lowest BCUT2D eigenvalue weighted by molar-refractivity contribution is -0.146. The van der Waals surface area contributed by atoms with Crippen LogP contribution in [0.2, 0.25) is 0 Å². The molecule has 1 aromatic rings. The van der Waals surface area contributed by atoms with Gasteiger partial charge in [0.15, 0.2) is 0 Å². The van der Waals surface area contributed by atoms with Crippen LogP contribution in [0.5, 0.6) is 0 Å². The number of hydrogen-bond donors (Lipinski definition) is 0. The molecule has 0 N–H and O–H groups in total. The highest BCUT2D eigenvalue weighted by molar-refractivity contribution is 6.02. The minimum absolute atomic E-state index is 0.103. The van der Waals surface area contributed by atoms with Gasteiger partial charge in [0, 0.05) is 5.71 Å². The lowest BCUT2D eigenvalue weighted by Crippen LogP contribution is -2.29. The molecular weight excluding hydrogens is 238 g/mol. The smallest absolute Gasteiger partial charge is 0.314 e. The van der Waals surface area contributed by atoms with E-state index in [9.17, 15) is 4.79 Å². The molecule has 1 fully saturated rings. The van der Waals surface area contributed by atoms with E-state index in [2.05, 4.69) is 17.1 Å². The Kier molecular flexibility index (Phi) is 5.13. The lowest BCUT2D eigenvalue weighted by Gasteiger charge is -2.22. The number of ether oxygens (including phenoxy) is 1. The number of aliphatic imine (C=N–C) groups is 1. The van der Waals surface area contributed by atoms with Gasteiger partial charge in [-0.1, -0.05) is 36.8 Å². The van der Waals surface area contributed by atoms with Crippen molar-refractivity contribution in [2.45, 2.75) is 39.2 Å². The van der Waals surface area contributed by atoms with Gasteiger partial charge < -0.3 is 4.74 Å². The van der Waals surface area contributed by atoms with E-state index in [0.717, 1.165) is 31.4 Å². The molecule has 1 aliphatic rings. The Labute approximate surface area is 114 Å². The van der Waals surface area contributed by atoms with Crippen LogP contribution in [0, 0.1) is 5.92 Å². The molecule has 0 amide bonds. The van der Waals surface area contributed by atoms with Crippen molar-refractivity contribution in [2.75, 3.05) is 6.61 Å². The van der Waals surface area contributed by atoms with Crippen molar-refractivity contribution in [1.82, 2.24) is 0 Å². The summed E-state index contributed by atoms with van der Waals surface area (Å²) >= 11 is 0. The zero-order chi connectivity index (χ0) is 13.5. The number of hydrogen-bond acceptors (Lipinski definition) is 3. The molecule has 0 spiro atoms. The maximum atomic E-state index is 11.9. The van der Waals surface area contributed by atoms with Gasteiger partial charge in [-0.15, -0.1) is 0 Å². The molecule has 1 atom stereocenters. The van der Waals surface area contributed by atoms with Crippen molar-refractivity contribution >= 4 is 11.7 Å². The van der Waals surface area contributed by atoms with E-state index in [-0.39, 0.29) is 11.9 Å². The molecule has 0 unspecified atom stereocenters. The molecular formula is C16H21NO2. The van der Waals surface area contributed by atoms with Crippen LogP contribution < -0.4 is 0 Å². The highest BCUT2D eigenvalue weighted by Crippen LogP contribution is 2.23. The summed E-state index contributed by atoms with van der Waals surface area (Å²) in [6, 6.07) is 10.1. The first-order valence-electron chi connectivity index (χ1n) is 7.05. The molecule has 0 aliphatic heterocycles. The minimum Gasteiger partial charge on any atom is -0.465 e. The highest BCUT2D eigenvalue weighted by atomic mass is 16.5. The standard InChI is InChI=1S/C16H21NO2/c1-2-19-16(18)14-10-6-7-11-15(14)17-12-13-8-4-3-5-9-13/h3-5,8-9,14H,2,6-7,10-12H2,1H3/t14-/m1/s1. The topological polar surface area (TPSA) is 38.7 Å². The van der Waals surface area contributed by atoms with E-state index in [4.69, 9.17) is 4.74 Å². The number of carbonyl (C=O) groups is 1. The number of rotatable bonds is 4. The fraction of sp³-hybridized carbons (Fsp3) is 0.500. The van der Waals surface area contributed by atoms with Crippen LogP contribution in [0.4, 0.5) is 0 Å². The van der Waals surface area contributed by atoms with Crippen LogP contribution in [0.25, 0.3) is 0 Å². The first-order valence-corrected chi connectivity index (χ1v) is 7.05. The van der Waals surface area contributed by atoms with Crippen LogP contribution >= 0.6 is 0 Å². The molecule has 0 aromatic heterocycles. The van der Waals surface area contributed by atoms with Crippen molar-refractivity contribution in [2.24, 2.45) is 10.9 Å². The Morgan fingerprint density at radius 1 is 1.32 bits per heavy atom. The Morgan fingerprint density at radius 2 is 2.11 bits per heavy atom. The highest BCUT2D eigenvalue weighted by Gasteiger charge is 2.28. The van der Waals surface area contributed by atoms with Crippen LogP contribution in [0.15, 0.2) is 35.3 Å². The first kappa shape index (κ1) is 13.8. The van der Waals surface area contributed by atoms with E-state index in [1.807, 2.05) is 25.1 Å². The second-order valence-electron chi connectivity index (χ2n) is 4.84. The average Bonchev–Trinajstić information content (AvgIpc) is 2.47. The third kappa shape index (κ3) is 3.91. The van der Waals surface area contributed by atoms with Crippen molar-refractivity contribution < 1.29 is 9.53 Å². The second kappa shape index (κ2) is 7.07. The van der Waals surface area contributed by atoms with E-state index < -0.39 is 0 Å². The Balaban J connectivity index is 2.04. The number of benzene rings is 1. The maximum absolute atomic E-state index is 11.9. The normalized spacial score (nSPS) is 21.3. The Hall–Kier alpha value is -1.64. The monoisotopic (exact) mass is 259 g/mol. The third-order valence-corrected chi connectivity index (χ3v) is 3.46. The Morgan fingerprint density at radius 3 is 2.84 bits per heavy atom. The van der Waals surface area contributed by atoms with Crippen molar-refractivity contribution in [3.05, 3.63) is 35.9 Å². The summed E-state index contributed by atoms with van der Waals surface area (Å²) in [6.45, 7) is 2.95. The van der Waals surface area contributed by atoms with Gasteiger partial charge in [-0.25, -0.2) is 0 Å². The fourth-order valence-electron chi connectivity index (χ4n) is 2.46. The molecule has 0 radical (unpaired) electrons. The third-order valence-electron chi connectivity index (χ3n) is 3.46. The van der Waals surface area contributed by atoms with Crippen LogP contribution in [0.1, 0.15) is 38.2 Å². The van der Waals surface area contributed by atoms with Crippen molar-refractivity contribution in [3.8, 4) is 0 Å². The van der Waals surface area contributed by atoms with Crippen LogP contribution in [0.3, 0.4) is 0 Å². The van der Waals surface area contributed by atoms with Crippen molar-refractivity contribution in [3.63, 3.8) is 0 Å². The fourth-order valence-corrected chi connectivity index (χ4v) is 2.46. The Bertz CT molecular complexity index is 439. The summed E-state index contributed by atoms with van der Waals surface area (Å²) in [4.78, 5) is 16.6. The lowest BCUT2D eigenvalue weighted by atomic mass is 9.87. The number of carbonyl (C=O) groups excluding carboxylic acids is 1.